The topological polar surface area (TPSA) is 100 Å². The van der Waals surface area contributed by atoms with Crippen LogP contribution in [0.2, 0.25) is 0 Å². The Morgan fingerprint density at radius 3 is 2.72 bits per heavy atom. The van der Waals surface area contributed by atoms with E-state index in [1.54, 1.807) is 14.2 Å². The monoisotopic (exact) mass is 404 g/mol. The first-order valence-corrected chi connectivity index (χ1v) is 10.2. The minimum atomic E-state index is -0.354. The molecule has 0 aromatic carbocycles. The molecule has 0 saturated carbocycles. The second-order valence-corrected chi connectivity index (χ2v) is 7.97. The number of aryl methyl sites for hydroxylation is 1. The summed E-state index contributed by atoms with van der Waals surface area (Å²) in [6, 6.07) is 0.0787. The van der Waals surface area contributed by atoms with E-state index in [1.807, 2.05) is 18.4 Å². The molecule has 9 heteroatoms. The third-order valence-electron chi connectivity index (χ3n) is 5.37. The fourth-order valence-electron chi connectivity index (χ4n) is 3.80. The highest BCUT2D eigenvalue weighted by molar-refractivity contribution is 5.74. The molecule has 0 amide bonds. The van der Waals surface area contributed by atoms with Crippen LogP contribution in [-0.2, 0) is 24.9 Å². The van der Waals surface area contributed by atoms with Gasteiger partial charge in [0.05, 0.1) is 0 Å². The number of rotatable bonds is 7. The zero-order valence-electron chi connectivity index (χ0n) is 17.8. The van der Waals surface area contributed by atoms with Crippen molar-refractivity contribution in [3.8, 4) is 0 Å². The van der Waals surface area contributed by atoms with E-state index in [2.05, 4.69) is 11.0 Å². The van der Waals surface area contributed by atoms with E-state index in [9.17, 15) is 9.59 Å². The van der Waals surface area contributed by atoms with Gasteiger partial charge in [-0.3, -0.25) is 13.9 Å². The molecule has 2 N–H and O–H groups in total. The average molecular weight is 405 g/mol. The number of aromatic nitrogens is 4. The third-order valence-corrected chi connectivity index (χ3v) is 5.37. The van der Waals surface area contributed by atoms with Gasteiger partial charge in [0.25, 0.3) is 5.56 Å². The van der Waals surface area contributed by atoms with Gasteiger partial charge in [-0.05, 0) is 33.1 Å². The molecule has 160 valence electrons. The molecule has 1 atom stereocenters. The molecular formula is C20H32N6O3. The summed E-state index contributed by atoms with van der Waals surface area (Å²) >= 11 is 0. The summed E-state index contributed by atoms with van der Waals surface area (Å²) < 4.78 is 9.75. The standard InChI is InChI=1S/C20H32N6O3/c1-14(2)8-11-25-16-17(22-19(25)24-9-5-7-15(21)13-24)23(3)20(28)26(18(16)27)10-6-12-29-4/h8,15H,5-7,9-13,21H2,1-4H3. The van der Waals surface area contributed by atoms with Gasteiger partial charge in [-0.2, -0.15) is 4.98 Å². The summed E-state index contributed by atoms with van der Waals surface area (Å²) in [5.41, 5.74) is 7.55. The highest BCUT2D eigenvalue weighted by Crippen LogP contribution is 2.23. The van der Waals surface area contributed by atoms with Crippen LogP contribution in [0.1, 0.15) is 33.1 Å². The number of piperidine rings is 1. The number of methoxy groups -OCH3 is 1. The SMILES string of the molecule is COCCCn1c(=O)c2c(nc(N3CCCC(N)C3)n2CC=C(C)C)n(C)c1=O. The molecule has 1 fully saturated rings. The van der Waals surface area contributed by atoms with E-state index in [1.165, 1.54) is 9.13 Å². The zero-order valence-corrected chi connectivity index (χ0v) is 17.8. The number of nitrogens with two attached hydrogens (primary N) is 1. The highest BCUT2D eigenvalue weighted by Gasteiger charge is 2.25. The Morgan fingerprint density at radius 1 is 1.31 bits per heavy atom. The molecule has 3 heterocycles. The maximum absolute atomic E-state index is 13.3. The Morgan fingerprint density at radius 2 is 2.07 bits per heavy atom. The summed E-state index contributed by atoms with van der Waals surface area (Å²) in [5, 5.41) is 0. The van der Waals surface area contributed by atoms with Crippen LogP contribution in [0.5, 0.6) is 0 Å². The number of ether oxygens (including phenoxy) is 1. The van der Waals surface area contributed by atoms with E-state index >= 15 is 0 Å². The Hall–Kier alpha value is -2.39. The van der Waals surface area contributed by atoms with E-state index in [0.29, 0.717) is 49.8 Å². The van der Waals surface area contributed by atoms with Crippen LogP contribution in [-0.4, -0.2) is 51.5 Å². The lowest BCUT2D eigenvalue weighted by Crippen LogP contribution is -2.44. The fraction of sp³-hybridized carbons (Fsp3) is 0.650. The van der Waals surface area contributed by atoms with Crippen LogP contribution in [0.25, 0.3) is 11.2 Å². The minimum absolute atomic E-state index is 0.0787. The Bertz CT molecular complexity index is 1010. The van der Waals surface area contributed by atoms with Gasteiger partial charge in [-0.1, -0.05) is 11.6 Å². The number of hydrogen-bond donors (Lipinski definition) is 1. The molecule has 1 unspecified atom stereocenters. The van der Waals surface area contributed by atoms with Crippen molar-refractivity contribution in [2.45, 2.75) is 52.2 Å². The van der Waals surface area contributed by atoms with Gasteiger partial charge in [0.15, 0.2) is 11.2 Å². The number of hydrogen-bond acceptors (Lipinski definition) is 6. The first-order valence-electron chi connectivity index (χ1n) is 10.2. The lowest BCUT2D eigenvalue weighted by molar-refractivity contribution is 0.189. The Kier molecular flexibility index (Phi) is 6.59. The van der Waals surface area contributed by atoms with Gasteiger partial charge in [0.2, 0.25) is 5.95 Å². The number of fused-ring (bicyclic) bond motifs is 1. The summed E-state index contributed by atoms with van der Waals surface area (Å²) in [4.78, 5) is 33.0. The van der Waals surface area contributed by atoms with Gasteiger partial charge >= 0.3 is 5.69 Å². The summed E-state index contributed by atoms with van der Waals surface area (Å²) in [5.74, 6) is 0.703. The van der Waals surface area contributed by atoms with Crippen molar-refractivity contribution in [1.82, 2.24) is 18.7 Å². The van der Waals surface area contributed by atoms with E-state index < -0.39 is 0 Å². The molecule has 2 aromatic heterocycles. The summed E-state index contributed by atoms with van der Waals surface area (Å²) in [6.07, 6.45) is 4.62. The smallest absolute Gasteiger partial charge is 0.332 e. The van der Waals surface area contributed by atoms with Crippen molar-refractivity contribution < 1.29 is 4.74 Å². The molecule has 9 nitrogen and oxygen atoms in total. The summed E-state index contributed by atoms with van der Waals surface area (Å²) in [6.45, 7) is 6.89. The van der Waals surface area contributed by atoms with E-state index in [0.717, 1.165) is 25.0 Å². The van der Waals surface area contributed by atoms with Crippen molar-refractivity contribution in [1.29, 1.82) is 0 Å². The van der Waals surface area contributed by atoms with Crippen molar-refractivity contribution in [3.05, 3.63) is 32.5 Å². The number of nitrogens with zero attached hydrogens (tertiary/aromatic N) is 5. The first kappa shape index (κ1) is 21.3. The summed E-state index contributed by atoms with van der Waals surface area (Å²) in [7, 11) is 3.27. The molecule has 0 bridgehead atoms. The van der Waals surface area contributed by atoms with Crippen molar-refractivity contribution in [3.63, 3.8) is 0 Å². The molecule has 29 heavy (non-hydrogen) atoms. The van der Waals surface area contributed by atoms with Gasteiger partial charge in [-0.25, -0.2) is 4.79 Å². The molecule has 3 rings (SSSR count). The lowest BCUT2D eigenvalue weighted by atomic mass is 10.1. The maximum Gasteiger partial charge on any atom is 0.332 e. The molecule has 0 spiro atoms. The predicted octanol–water partition coefficient (Wildman–Crippen LogP) is 0.827. The van der Waals surface area contributed by atoms with Crippen LogP contribution >= 0.6 is 0 Å². The quantitative estimate of drug-likeness (QED) is 0.542. The maximum atomic E-state index is 13.3. The first-order chi connectivity index (χ1) is 13.8. The molecule has 1 saturated heterocycles. The number of imidazole rings is 1. The minimum Gasteiger partial charge on any atom is -0.385 e. The Labute approximate surface area is 170 Å². The zero-order chi connectivity index (χ0) is 21.1. The van der Waals surface area contributed by atoms with E-state index in [-0.39, 0.29) is 17.3 Å². The van der Waals surface area contributed by atoms with Gasteiger partial charge in [0.1, 0.15) is 0 Å². The van der Waals surface area contributed by atoms with Gasteiger partial charge in [-0.15, -0.1) is 0 Å². The molecule has 1 aliphatic heterocycles. The lowest BCUT2D eigenvalue weighted by Gasteiger charge is -2.31. The number of allylic oxidation sites excluding steroid dienone is 2. The second kappa shape index (κ2) is 8.96. The van der Waals surface area contributed by atoms with Crippen LogP contribution in [0.3, 0.4) is 0 Å². The second-order valence-electron chi connectivity index (χ2n) is 7.97. The molecule has 0 radical (unpaired) electrons. The van der Waals surface area contributed by atoms with Crippen LogP contribution < -0.4 is 21.9 Å². The third kappa shape index (κ3) is 4.30. The normalized spacial score (nSPS) is 17.1. The molecular weight excluding hydrogens is 372 g/mol. The van der Waals surface area contributed by atoms with Crippen molar-refractivity contribution in [2.24, 2.45) is 12.8 Å². The van der Waals surface area contributed by atoms with E-state index in [4.69, 9.17) is 15.5 Å². The largest absolute Gasteiger partial charge is 0.385 e. The van der Waals surface area contributed by atoms with Crippen LogP contribution in [0.15, 0.2) is 21.2 Å². The molecule has 1 aliphatic rings. The van der Waals surface area contributed by atoms with Crippen molar-refractivity contribution in [2.75, 3.05) is 31.7 Å². The van der Waals surface area contributed by atoms with Gasteiger partial charge < -0.3 is 19.9 Å². The fourth-order valence-corrected chi connectivity index (χ4v) is 3.80. The predicted molar refractivity (Wildman–Crippen MR) is 115 cm³/mol. The van der Waals surface area contributed by atoms with Crippen molar-refractivity contribution >= 4 is 17.1 Å². The van der Waals surface area contributed by atoms with Crippen LogP contribution in [0, 0.1) is 0 Å². The Balaban J connectivity index is 2.21. The molecule has 0 aliphatic carbocycles. The average Bonchev–Trinajstić information content (AvgIpc) is 3.07. The van der Waals surface area contributed by atoms with Gasteiger partial charge in [0, 0.05) is 53.0 Å². The number of anilines is 1. The molecule has 2 aromatic rings. The van der Waals surface area contributed by atoms with Crippen LogP contribution in [0.4, 0.5) is 5.95 Å². The highest BCUT2D eigenvalue weighted by atomic mass is 16.5.